The summed E-state index contributed by atoms with van der Waals surface area (Å²) in [6, 6.07) is 8.25. The number of amides is 2. The largest absolute Gasteiger partial charge is 0.444 e. The predicted molar refractivity (Wildman–Crippen MR) is 98.5 cm³/mol. The summed E-state index contributed by atoms with van der Waals surface area (Å²) in [6.45, 7) is 10.4. The van der Waals surface area contributed by atoms with Crippen LogP contribution < -0.4 is 5.32 Å². The number of benzene rings is 1. The predicted octanol–water partition coefficient (Wildman–Crippen LogP) is 3.44. The first-order valence-corrected chi connectivity index (χ1v) is 8.91. The Labute approximate surface area is 150 Å². The summed E-state index contributed by atoms with van der Waals surface area (Å²) in [5, 5.41) is 3.16. The first-order valence-electron chi connectivity index (χ1n) is 8.91. The number of hydrogen-bond donors (Lipinski definition) is 1. The summed E-state index contributed by atoms with van der Waals surface area (Å²) >= 11 is 0. The van der Waals surface area contributed by atoms with Crippen molar-refractivity contribution >= 4 is 12.0 Å². The van der Waals surface area contributed by atoms with Gasteiger partial charge in [-0.25, -0.2) is 4.79 Å². The van der Waals surface area contributed by atoms with Gasteiger partial charge in [-0.2, -0.15) is 0 Å². The van der Waals surface area contributed by atoms with Crippen LogP contribution in [0.25, 0.3) is 0 Å². The van der Waals surface area contributed by atoms with E-state index in [0.717, 1.165) is 19.3 Å². The van der Waals surface area contributed by atoms with Gasteiger partial charge < -0.3 is 15.0 Å². The van der Waals surface area contributed by atoms with E-state index >= 15 is 0 Å². The topological polar surface area (TPSA) is 58.6 Å². The number of ether oxygens (including phenoxy) is 1. The van der Waals surface area contributed by atoms with Crippen molar-refractivity contribution in [2.45, 2.75) is 65.0 Å². The fourth-order valence-electron chi connectivity index (χ4n) is 3.34. The van der Waals surface area contributed by atoms with E-state index in [1.165, 1.54) is 11.1 Å². The number of hydrogen-bond acceptors (Lipinski definition) is 3. The molecule has 0 aliphatic carbocycles. The Bertz CT molecular complexity index is 626. The van der Waals surface area contributed by atoms with Crippen molar-refractivity contribution < 1.29 is 14.3 Å². The molecule has 0 unspecified atom stereocenters. The number of likely N-dealkylation sites (tertiary alicyclic amines) is 1. The summed E-state index contributed by atoms with van der Waals surface area (Å²) < 4.78 is 5.46. The molecule has 0 radical (unpaired) electrons. The van der Waals surface area contributed by atoms with Gasteiger partial charge in [0, 0.05) is 25.6 Å². The van der Waals surface area contributed by atoms with Gasteiger partial charge in [-0.1, -0.05) is 24.3 Å². The first kappa shape index (κ1) is 19.3. The van der Waals surface area contributed by atoms with Crippen LogP contribution in [0.1, 0.15) is 51.7 Å². The summed E-state index contributed by atoms with van der Waals surface area (Å²) in [7, 11) is 0. The zero-order valence-corrected chi connectivity index (χ0v) is 16.0. The molecule has 1 fully saturated rings. The standard InChI is InChI=1S/C20H30N2O3/c1-15-8-6-7-9-17(15)14-20(21-16(2)23)10-12-22(13-11-20)18(24)25-19(3,4)5/h6-9H,10-14H2,1-5H3,(H,21,23). The fourth-order valence-corrected chi connectivity index (χ4v) is 3.34. The van der Waals surface area contributed by atoms with Gasteiger partial charge in [0.05, 0.1) is 0 Å². The van der Waals surface area contributed by atoms with Crippen LogP contribution >= 0.6 is 0 Å². The Morgan fingerprint density at radius 1 is 1.20 bits per heavy atom. The molecule has 1 aromatic rings. The molecule has 0 spiro atoms. The molecule has 2 amide bonds. The maximum Gasteiger partial charge on any atom is 0.410 e. The summed E-state index contributed by atoms with van der Waals surface area (Å²) in [5.41, 5.74) is 1.66. The molecule has 138 valence electrons. The molecule has 1 saturated heterocycles. The Balaban J connectivity index is 2.09. The minimum Gasteiger partial charge on any atom is -0.444 e. The second kappa shape index (κ2) is 7.46. The minimum absolute atomic E-state index is 0.0284. The van der Waals surface area contributed by atoms with Crippen LogP contribution in [-0.4, -0.2) is 41.1 Å². The van der Waals surface area contributed by atoms with Gasteiger partial charge in [0.15, 0.2) is 0 Å². The van der Waals surface area contributed by atoms with Gasteiger partial charge >= 0.3 is 6.09 Å². The molecule has 2 rings (SSSR count). The molecule has 0 saturated carbocycles. The molecule has 0 bridgehead atoms. The first-order chi connectivity index (χ1) is 11.6. The number of carbonyl (C=O) groups excluding carboxylic acids is 2. The van der Waals surface area contributed by atoms with E-state index in [2.05, 4.69) is 24.4 Å². The molecular weight excluding hydrogens is 316 g/mol. The third kappa shape index (κ3) is 5.48. The second-order valence-corrected chi connectivity index (χ2v) is 8.03. The van der Waals surface area contributed by atoms with Crippen LogP contribution in [-0.2, 0) is 16.0 Å². The maximum absolute atomic E-state index is 12.3. The third-order valence-electron chi connectivity index (χ3n) is 4.60. The van der Waals surface area contributed by atoms with Crippen molar-refractivity contribution in [3.8, 4) is 0 Å². The van der Waals surface area contributed by atoms with Crippen molar-refractivity contribution in [3.05, 3.63) is 35.4 Å². The summed E-state index contributed by atoms with van der Waals surface area (Å²) in [6.07, 6.45) is 1.95. The number of carbonyl (C=O) groups is 2. The van der Waals surface area contributed by atoms with E-state index in [0.29, 0.717) is 13.1 Å². The average Bonchev–Trinajstić information content (AvgIpc) is 2.48. The number of aryl methyl sites for hydroxylation is 1. The Morgan fingerprint density at radius 3 is 2.32 bits per heavy atom. The van der Waals surface area contributed by atoms with Gasteiger partial charge in [0.2, 0.25) is 5.91 Å². The van der Waals surface area contributed by atoms with Crippen molar-refractivity contribution in [1.29, 1.82) is 0 Å². The fraction of sp³-hybridized carbons (Fsp3) is 0.600. The molecule has 5 nitrogen and oxygen atoms in total. The Morgan fingerprint density at radius 2 is 1.80 bits per heavy atom. The molecule has 5 heteroatoms. The van der Waals surface area contributed by atoms with Gasteiger partial charge in [0.25, 0.3) is 0 Å². The normalized spacial score (nSPS) is 17.1. The molecule has 0 aromatic heterocycles. The van der Waals surface area contributed by atoms with Crippen LogP contribution in [0.2, 0.25) is 0 Å². The number of nitrogens with zero attached hydrogens (tertiary/aromatic N) is 1. The molecule has 25 heavy (non-hydrogen) atoms. The highest BCUT2D eigenvalue weighted by Gasteiger charge is 2.38. The zero-order chi connectivity index (χ0) is 18.7. The number of piperidine rings is 1. The molecular formula is C20H30N2O3. The van der Waals surface area contributed by atoms with E-state index in [4.69, 9.17) is 4.74 Å². The minimum atomic E-state index is -0.496. The zero-order valence-electron chi connectivity index (χ0n) is 16.0. The van der Waals surface area contributed by atoms with E-state index < -0.39 is 5.60 Å². The lowest BCUT2D eigenvalue weighted by molar-refractivity contribution is -0.121. The monoisotopic (exact) mass is 346 g/mol. The van der Waals surface area contributed by atoms with Crippen molar-refractivity contribution in [2.24, 2.45) is 0 Å². The molecule has 1 aliphatic heterocycles. The lowest BCUT2D eigenvalue weighted by Crippen LogP contribution is -2.57. The van der Waals surface area contributed by atoms with Crippen molar-refractivity contribution in [1.82, 2.24) is 10.2 Å². The molecule has 1 heterocycles. The summed E-state index contributed by atoms with van der Waals surface area (Å²) in [4.78, 5) is 25.8. The summed E-state index contributed by atoms with van der Waals surface area (Å²) in [5.74, 6) is -0.0284. The highest BCUT2D eigenvalue weighted by atomic mass is 16.6. The molecule has 0 atom stereocenters. The third-order valence-corrected chi connectivity index (χ3v) is 4.60. The maximum atomic E-state index is 12.3. The van der Waals surface area contributed by atoms with Crippen LogP contribution in [0, 0.1) is 6.92 Å². The molecule has 1 N–H and O–H groups in total. The van der Waals surface area contributed by atoms with Crippen LogP contribution in [0.3, 0.4) is 0 Å². The van der Waals surface area contributed by atoms with E-state index in [9.17, 15) is 9.59 Å². The quantitative estimate of drug-likeness (QED) is 0.912. The van der Waals surface area contributed by atoms with E-state index in [-0.39, 0.29) is 17.5 Å². The number of rotatable bonds is 3. The second-order valence-electron chi connectivity index (χ2n) is 8.03. The van der Waals surface area contributed by atoms with Crippen molar-refractivity contribution in [3.63, 3.8) is 0 Å². The highest BCUT2D eigenvalue weighted by Crippen LogP contribution is 2.28. The number of nitrogens with one attached hydrogen (secondary N) is 1. The van der Waals surface area contributed by atoms with Crippen LogP contribution in [0.4, 0.5) is 4.79 Å². The van der Waals surface area contributed by atoms with E-state index in [1.807, 2.05) is 32.9 Å². The highest BCUT2D eigenvalue weighted by molar-refractivity contribution is 5.74. The van der Waals surface area contributed by atoms with E-state index in [1.54, 1.807) is 11.8 Å². The van der Waals surface area contributed by atoms with Gasteiger partial charge in [-0.15, -0.1) is 0 Å². The smallest absolute Gasteiger partial charge is 0.410 e. The van der Waals surface area contributed by atoms with Crippen LogP contribution in [0.15, 0.2) is 24.3 Å². The SMILES string of the molecule is CC(=O)NC1(Cc2ccccc2C)CCN(C(=O)OC(C)(C)C)CC1. The molecule has 1 aromatic carbocycles. The average molecular weight is 346 g/mol. The molecule has 1 aliphatic rings. The van der Waals surface area contributed by atoms with Crippen molar-refractivity contribution in [2.75, 3.05) is 13.1 Å². The Hall–Kier alpha value is -2.04. The lowest BCUT2D eigenvalue weighted by Gasteiger charge is -2.42. The van der Waals surface area contributed by atoms with Gasteiger partial charge in [0.1, 0.15) is 5.60 Å². The lowest BCUT2D eigenvalue weighted by atomic mass is 9.81. The van der Waals surface area contributed by atoms with Crippen LogP contribution in [0.5, 0.6) is 0 Å². The Kier molecular flexibility index (Phi) is 5.76. The van der Waals surface area contributed by atoms with Gasteiger partial charge in [-0.05, 0) is 58.1 Å². The van der Waals surface area contributed by atoms with Gasteiger partial charge in [-0.3, -0.25) is 4.79 Å².